The fourth-order valence-electron chi connectivity index (χ4n) is 1.42. The number of nitro benzene ring substituents is 1. The number of hydrogen-bond donors (Lipinski definition) is 1. The minimum absolute atomic E-state index is 0.0120. The number of benzene rings is 1. The molecule has 1 rings (SSSR count). The van der Waals surface area contributed by atoms with Crippen molar-refractivity contribution in [1.82, 2.24) is 0 Å². The lowest BCUT2D eigenvalue weighted by molar-refractivity contribution is -0.386. The maximum atomic E-state index is 10.9. The van der Waals surface area contributed by atoms with Gasteiger partial charge in [-0.3, -0.25) is 10.1 Å². The van der Waals surface area contributed by atoms with E-state index < -0.39 is 4.92 Å². The van der Waals surface area contributed by atoms with Gasteiger partial charge in [0.2, 0.25) is 0 Å². The Morgan fingerprint density at radius 1 is 1.60 bits per heavy atom. The Kier molecular flexibility index (Phi) is 3.62. The van der Waals surface area contributed by atoms with Crippen molar-refractivity contribution in [3.8, 4) is 5.75 Å². The minimum Gasteiger partial charge on any atom is -0.490 e. The summed E-state index contributed by atoms with van der Waals surface area (Å²) in [6.07, 6.45) is 0. The van der Waals surface area contributed by atoms with Crippen LogP contribution in [0.2, 0.25) is 0 Å². The predicted octanol–water partition coefficient (Wildman–Crippen LogP) is 1.67. The molecule has 0 bridgehead atoms. The van der Waals surface area contributed by atoms with Gasteiger partial charge in [-0.25, -0.2) is 0 Å². The van der Waals surface area contributed by atoms with Crippen LogP contribution in [-0.4, -0.2) is 18.6 Å². The summed E-state index contributed by atoms with van der Waals surface area (Å²) in [6, 6.07) is 5.01. The number of nitrogens with zero attached hydrogens (tertiary/aromatic N) is 1. The monoisotopic (exact) mass is 210 g/mol. The normalized spacial score (nSPS) is 12.2. The van der Waals surface area contributed by atoms with E-state index in [1.165, 1.54) is 7.11 Å². The number of para-hydroxylation sites is 1. The summed E-state index contributed by atoms with van der Waals surface area (Å²) in [5, 5.41) is 10.9. The van der Waals surface area contributed by atoms with Gasteiger partial charge in [0.25, 0.3) is 0 Å². The molecule has 82 valence electrons. The molecule has 1 aromatic rings. The summed E-state index contributed by atoms with van der Waals surface area (Å²) in [7, 11) is 1.42. The van der Waals surface area contributed by atoms with Gasteiger partial charge < -0.3 is 10.5 Å². The summed E-state index contributed by atoms with van der Waals surface area (Å²) >= 11 is 0. The van der Waals surface area contributed by atoms with Crippen molar-refractivity contribution in [3.05, 3.63) is 33.9 Å². The molecule has 1 aromatic carbocycles. The van der Waals surface area contributed by atoms with Crippen LogP contribution in [0, 0.1) is 10.1 Å². The largest absolute Gasteiger partial charge is 0.490 e. The standard InChI is InChI=1S/C10H14N2O3/c1-7(6-11)8-4-3-5-9(15-2)10(8)12(13)14/h3-5,7H,6,11H2,1-2H3. The van der Waals surface area contributed by atoms with Gasteiger partial charge >= 0.3 is 5.69 Å². The van der Waals surface area contributed by atoms with Gasteiger partial charge in [-0.05, 0) is 12.6 Å². The van der Waals surface area contributed by atoms with Gasteiger partial charge in [0, 0.05) is 11.5 Å². The Labute approximate surface area is 88.0 Å². The van der Waals surface area contributed by atoms with E-state index in [0.717, 1.165) is 0 Å². The number of nitro groups is 1. The summed E-state index contributed by atoms with van der Waals surface area (Å²) in [5.74, 6) is 0.221. The Morgan fingerprint density at radius 2 is 2.27 bits per heavy atom. The van der Waals surface area contributed by atoms with E-state index >= 15 is 0 Å². The first-order valence-electron chi connectivity index (χ1n) is 4.63. The van der Waals surface area contributed by atoms with Gasteiger partial charge in [-0.2, -0.15) is 0 Å². The van der Waals surface area contributed by atoms with Crippen LogP contribution in [0.4, 0.5) is 5.69 Å². The van der Waals surface area contributed by atoms with Crippen LogP contribution in [0.5, 0.6) is 5.75 Å². The average molecular weight is 210 g/mol. The van der Waals surface area contributed by atoms with E-state index in [1.807, 2.05) is 6.92 Å². The fraction of sp³-hybridized carbons (Fsp3) is 0.400. The van der Waals surface area contributed by atoms with Crippen molar-refractivity contribution in [2.24, 2.45) is 5.73 Å². The molecule has 0 aliphatic carbocycles. The maximum absolute atomic E-state index is 10.9. The van der Waals surface area contributed by atoms with Crippen LogP contribution in [0.1, 0.15) is 18.4 Å². The quantitative estimate of drug-likeness (QED) is 0.605. The third-order valence-electron chi connectivity index (χ3n) is 2.32. The maximum Gasteiger partial charge on any atom is 0.314 e. The first kappa shape index (κ1) is 11.5. The topological polar surface area (TPSA) is 78.4 Å². The van der Waals surface area contributed by atoms with Crippen molar-refractivity contribution in [1.29, 1.82) is 0 Å². The second-order valence-electron chi connectivity index (χ2n) is 3.29. The highest BCUT2D eigenvalue weighted by Crippen LogP contribution is 2.34. The molecule has 0 radical (unpaired) electrons. The molecular formula is C10H14N2O3. The van der Waals surface area contributed by atoms with Crippen molar-refractivity contribution >= 4 is 5.69 Å². The highest BCUT2D eigenvalue weighted by atomic mass is 16.6. The molecule has 0 saturated heterocycles. The highest BCUT2D eigenvalue weighted by Gasteiger charge is 2.23. The first-order chi connectivity index (χ1) is 7.11. The zero-order chi connectivity index (χ0) is 11.4. The Morgan fingerprint density at radius 3 is 2.73 bits per heavy atom. The third-order valence-corrected chi connectivity index (χ3v) is 2.32. The molecule has 0 spiro atoms. The third kappa shape index (κ3) is 2.24. The summed E-state index contributed by atoms with van der Waals surface area (Å²) in [4.78, 5) is 10.5. The van der Waals surface area contributed by atoms with Gasteiger partial charge in [-0.1, -0.05) is 19.1 Å². The number of ether oxygens (including phenoxy) is 1. The molecule has 1 atom stereocenters. The van der Waals surface area contributed by atoms with Crippen LogP contribution < -0.4 is 10.5 Å². The van der Waals surface area contributed by atoms with Crippen LogP contribution in [-0.2, 0) is 0 Å². The number of nitrogens with two attached hydrogens (primary N) is 1. The Bertz CT molecular complexity index is 366. The lowest BCUT2D eigenvalue weighted by Crippen LogP contribution is -2.11. The van der Waals surface area contributed by atoms with E-state index in [4.69, 9.17) is 10.5 Å². The fourth-order valence-corrected chi connectivity index (χ4v) is 1.42. The lowest BCUT2D eigenvalue weighted by atomic mass is 9.99. The van der Waals surface area contributed by atoms with Crippen LogP contribution in [0.3, 0.4) is 0 Å². The minimum atomic E-state index is -0.430. The van der Waals surface area contributed by atoms with E-state index in [1.54, 1.807) is 18.2 Å². The van der Waals surface area contributed by atoms with Crippen molar-refractivity contribution < 1.29 is 9.66 Å². The van der Waals surface area contributed by atoms with E-state index in [2.05, 4.69) is 0 Å². The molecule has 5 nitrogen and oxygen atoms in total. The van der Waals surface area contributed by atoms with Gasteiger partial charge in [0.1, 0.15) is 0 Å². The molecule has 0 saturated carbocycles. The molecule has 0 fully saturated rings. The van der Waals surface area contributed by atoms with Gasteiger partial charge in [0.05, 0.1) is 12.0 Å². The van der Waals surface area contributed by atoms with Crippen molar-refractivity contribution in [2.45, 2.75) is 12.8 Å². The second kappa shape index (κ2) is 4.75. The molecule has 5 heteroatoms. The van der Waals surface area contributed by atoms with Gasteiger partial charge in [-0.15, -0.1) is 0 Å². The number of hydrogen-bond acceptors (Lipinski definition) is 4. The number of rotatable bonds is 4. The smallest absolute Gasteiger partial charge is 0.314 e. The van der Waals surface area contributed by atoms with Gasteiger partial charge in [0.15, 0.2) is 5.75 Å². The van der Waals surface area contributed by atoms with Crippen LogP contribution in [0.15, 0.2) is 18.2 Å². The molecule has 0 aliphatic heterocycles. The zero-order valence-electron chi connectivity index (χ0n) is 8.77. The van der Waals surface area contributed by atoms with Crippen molar-refractivity contribution in [2.75, 3.05) is 13.7 Å². The Balaban J connectivity index is 3.31. The molecule has 15 heavy (non-hydrogen) atoms. The predicted molar refractivity (Wildman–Crippen MR) is 57.1 cm³/mol. The second-order valence-corrected chi connectivity index (χ2v) is 3.29. The molecule has 0 aromatic heterocycles. The molecule has 0 heterocycles. The summed E-state index contributed by atoms with van der Waals surface area (Å²) in [5.41, 5.74) is 6.13. The molecule has 0 amide bonds. The van der Waals surface area contributed by atoms with Crippen LogP contribution >= 0.6 is 0 Å². The average Bonchev–Trinajstić information content (AvgIpc) is 2.26. The SMILES string of the molecule is COc1cccc(C(C)CN)c1[N+](=O)[O-]. The first-order valence-corrected chi connectivity index (χ1v) is 4.63. The summed E-state index contributed by atoms with van der Waals surface area (Å²) in [6.45, 7) is 2.22. The Hall–Kier alpha value is -1.62. The van der Waals surface area contributed by atoms with Crippen LogP contribution in [0.25, 0.3) is 0 Å². The molecule has 2 N–H and O–H groups in total. The number of methoxy groups -OCH3 is 1. The van der Waals surface area contributed by atoms with E-state index in [9.17, 15) is 10.1 Å². The van der Waals surface area contributed by atoms with E-state index in [0.29, 0.717) is 12.1 Å². The molecular weight excluding hydrogens is 196 g/mol. The van der Waals surface area contributed by atoms with Crippen molar-refractivity contribution in [3.63, 3.8) is 0 Å². The van der Waals surface area contributed by atoms with E-state index in [-0.39, 0.29) is 17.4 Å². The lowest BCUT2D eigenvalue weighted by Gasteiger charge is -2.11. The summed E-state index contributed by atoms with van der Waals surface area (Å²) < 4.78 is 4.96. The zero-order valence-corrected chi connectivity index (χ0v) is 8.77. The highest BCUT2D eigenvalue weighted by molar-refractivity contribution is 5.54. The molecule has 1 unspecified atom stereocenters. The molecule has 0 aliphatic rings.